The zero-order valence-corrected chi connectivity index (χ0v) is 13.3. The minimum absolute atomic E-state index is 0.00296. The van der Waals surface area contributed by atoms with Crippen LogP contribution in [0.1, 0.15) is 10.6 Å². The van der Waals surface area contributed by atoms with Crippen LogP contribution in [-0.2, 0) is 4.79 Å². The highest BCUT2D eigenvalue weighted by Gasteiger charge is 2.23. The Balaban J connectivity index is 1.41. The molecule has 2 aromatic heterocycles. The predicted molar refractivity (Wildman–Crippen MR) is 85.8 cm³/mol. The summed E-state index contributed by atoms with van der Waals surface area (Å²) in [6.07, 6.45) is 4.72. The predicted octanol–water partition coefficient (Wildman–Crippen LogP) is 1.08. The maximum Gasteiger partial charge on any atom is 0.260 e. The largest absolute Gasteiger partial charge is 0.482 e. The zero-order chi connectivity index (χ0) is 16.8. The van der Waals surface area contributed by atoms with Crippen LogP contribution in [-0.4, -0.2) is 65.8 Å². The molecule has 0 saturated carbocycles. The van der Waals surface area contributed by atoms with E-state index >= 15 is 0 Å². The van der Waals surface area contributed by atoms with Crippen LogP contribution in [0, 0.1) is 0 Å². The number of ether oxygens (including phenoxy) is 1. The number of hydrogen-bond donors (Lipinski definition) is 0. The van der Waals surface area contributed by atoms with Gasteiger partial charge in [-0.1, -0.05) is 0 Å². The maximum atomic E-state index is 12.2. The number of furan rings is 1. The molecule has 1 aliphatic rings. The van der Waals surface area contributed by atoms with Crippen molar-refractivity contribution in [1.29, 1.82) is 0 Å². The van der Waals surface area contributed by atoms with Crippen molar-refractivity contribution < 1.29 is 18.7 Å². The summed E-state index contributed by atoms with van der Waals surface area (Å²) < 4.78 is 10.5. The average Bonchev–Trinajstić information content (AvgIpc) is 3.16. The zero-order valence-electron chi connectivity index (χ0n) is 13.3. The van der Waals surface area contributed by atoms with Gasteiger partial charge in [0.15, 0.2) is 12.4 Å². The number of aromatic nitrogens is 1. The lowest BCUT2D eigenvalue weighted by atomic mass is 10.2. The Morgan fingerprint density at radius 1 is 1.17 bits per heavy atom. The van der Waals surface area contributed by atoms with E-state index in [0.29, 0.717) is 44.2 Å². The smallest absolute Gasteiger partial charge is 0.260 e. The summed E-state index contributed by atoms with van der Waals surface area (Å²) in [4.78, 5) is 31.9. The van der Waals surface area contributed by atoms with E-state index in [4.69, 9.17) is 9.15 Å². The van der Waals surface area contributed by atoms with Crippen molar-refractivity contribution in [2.45, 2.75) is 0 Å². The van der Waals surface area contributed by atoms with Crippen molar-refractivity contribution in [2.24, 2.45) is 0 Å². The molecule has 24 heavy (non-hydrogen) atoms. The molecule has 1 fully saturated rings. The number of ketones is 1. The minimum Gasteiger partial charge on any atom is -0.482 e. The number of hydrogen-bond acceptors (Lipinski definition) is 6. The molecular formula is C17H19N3O4. The van der Waals surface area contributed by atoms with Crippen molar-refractivity contribution in [1.82, 2.24) is 14.8 Å². The summed E-state index contributed by atoms with van der Waals surface area (Å²) in [6, 6.07) is 6.89. The van der Waals surface area contributed by atoms with Gasteiger partial charge in [0.05, 0.1) is 19.0 Å². The molecule has 0 atom stereocenters. The fraction of sp³-hybridized carbons (Fsp3) is 0.353. The van der Waals surface area contributed by atoms with Gasteiger partial charge in [-0.15, -0.1) is 0 Å². The lowest BCUT2D eigenvalue weighted by Gasteiger charge is -2.34. The summed E-state index contributed by atoms with van der Waals surface area (Å²) in [5, 5.41) is 0. The molecule has 0 spiro atoms. The highest BCUT2D eigenvalue weighted by molar-refractivity contribution is 5.95. The van der Waals surface area contributed by atoms with Gasteiger partial charge >= 0.3 is 0 Å². The number of carbonyl (C=O) groups excluding carboxylic acids is 2. The molecular weight excluding hydrogens is 310 g/mol. The molecule has 1 amide bonds. The first-order chi connectivity index (χ1) is 11.7. The van der Waals surface area contributed by atoms with Crippen LogP contribution in [0.15, 0.2) is 47.3 Å². The Morgan fingerprint density at radius 2 is 2.00 bits per heavy atom. The van der Waals surface area contributed by atoms with Crippen LogP contribution in [0.4, 0.5) is 0 Å². The van der Waals surface area contributed by atoms with Gasteiger partial charge in [0.2, 0.25) is 5.78 Å². The number of rotatable bonds is 6. The summed E-state index contributed by atoms with van der Waals surface area (Å²) in [7, 11) is 0. The van der Waals surface area contributed by atoms with E-state index in [-0.39, 0.29) is 18.3 Å². The van der Waals surface area contributed by atoms with Crippen LogP contribution < -0.4 is 4.74 Å². The number of carbonyl (C=O) groups is 2. The molecule has 0 aliphatic carbocycles. The van der Waals surface area contributed by atoms with Gasteiger partial charge in [-0.25, -0.2) is 0 Å². The molecule has 3 heterocycles. The van der Waals surface area contributed by atoms with Crippen molar-refractivity contribution in [3.63, 3.8) is 0 Å². The Kier molecular flexibility index (Phi) is 5.22. The Bertz CT molecular complexity index is 664. The fourth-order valence-electron chi connectivity index (χ4n) is 2.54. The SMILES string of the molecule is O=C(CN1CCN(C(=O)COc2cccnc2)CC1)c1ccco1. The van der Waals surface area contributed by atoms with Gasteiger partial charge in [-0.3, -0.25) is 19.5 Å². The summed E-state index contributed by atoms with van der Waals surface area (Å²) >= 11 is 0. The Hall–Kier alpha value is -2.67. The van der Waals surface area contributed by atoms with E-state index < -0.39 is 0 Å². The van der Waals surface area contributed by atoms with E-state index in [9.17, 15) is 9.59 Å². The molecule has 1 aliphatic heterocycles. The van der Waals surface area contributed by atoms with Gasteiger partial charge < -0.3 is 14.1 Å². The van der Waals surface area contributed by atoms with Gasteiger partial charge in [0, 0.05) is 32.4 Å². The van der Waals surface area contributed by atoms with Crippen LogP contribution in [0.5, 0.6) is 5.75 Å². The molecule has 3 rings (SSSR count). The van der Waals surface area contributed by atoms with E-state index in [1.165, 1.54) is 6.26 Å². The first-order valence-corrected chi connectivity index (χ1v) is 7.82. The summed E-state index contributed by atoms with van der Waals surface area (Å²) in [5.41, 5.74) is 0. The monoisotopic (exact) mass is 329 g/mol. The number of nitrogens with zero attached hydrogens (tertiary/aromatic N) is 3. The van der Waals surface area contributed by atoms with Crippen LogP contribution >= 0.6 is 0 Å². The molecule has 7 heteroatoms. The van der Waals surface area contributed by atoms with Crippen molar-refractivity contribution in [3.05, 3.63) is 48.7 Å². The van der Waals surface area contributed by atoms with E-state index in [1.54, 1.807) is 41.6 Å². The third kappa shape index (κ3) is 4.20. The van der Waals surface area contributed by atoms with Crippen molar-refractivity contribution >= 4 is 11.7 Å². The molecule has 0 aromatic carbocycles. The minimum atomic E-state index is -0.0594. The normalized spacial score (nSPS) is 15.2. The summed E-state index contributed by atoms with van der Waals surface area (Å²) in [6.45, 7) is 2.79. The van der Waals surface area contributed by atoms with E-state index in [1.807, 2.05) is 4.90 Å². The highest BCUT2D eigenvalue weighted by atomic mass is 16.5. The molecule has 1 saturated heterocycles. The van der Waals surface area contributed by atoms with Gasteiger partial charge in [0.25, 0.3) is 5.91 Å². The van der Waals surface area contributed by atoms with Gasteiger partial charge in [-0.2, -0.15) is 0 Å². The summed E-state index contributed by atoms with van der Waals surface area (Å²) in [5.74, 6) is 0.849. The van der Waals surface area contributed by atoms with Gasteiger partial charge in [0.1, 0.15) is 5.75 Å². The molecule has 0 bridgehead atoms. The number of piperazine rings is 1. The molecule has 0 radical (unpaired) electrons. The molecule has 0 unspecified atom stereocenters. The third-order valence-corrected chi connectivity index (χ3v) is 3.88. The second-order valence-electron chi connectivity index (χ2n) is 5.53. The number of Topliss-reactive ketones (excluding diaryl/α,β-unsaturated/α-hetero) is 1. The molecule has 2 aromatic rings. The van der Waals surface area contributed by atoms with Crippen LogP contribution in [0.25, 0.3) is 0 Å². The standard InChI is InChI=1S/C17H19N3O4/c21-15(16-4-2-10-23-16)12-19-6-8-20(9-7-19)17(22)13-24-14-3-1-5-18-11-14/h1-5,10-11H,6-9,12-13H2. The van der Waals surface area contributed by atoms with Crippen molar-refractivity contribution in [3.8, 4) is 5.75 Å². The maximum absolute atomic E-state index is 12.2. The molecule has 7 nitrogen and oxygen atoms in total. The van der Waals surface area contributed by atoms with Gasteiger partial charge in [-0.05, 0) is 24.3 Å². The second kappa shape index (κ2) is 7.74. The fourth-order valence-corrected chi connectivity index (χ4v) is 2.54. The lowest BCUT2D eigenvalue weighted by molar-refractivity contribution is -0.135. The second-order valence-corrected chi connectivity index (χ2v) is 5.53. The molecule has 0 N–H and O–H groups in total. The van der Waals surface area contributed by atoms with Crippen LogP contribution in [0.2, 0.25) is 0 Å². The first-order valence-electron chi connectivity index (χ1n) is 7.82. The van der Waals surface area contributed by atoms with E-state index in [0.717, 1.165) is 0 Å². The lowest BCUT2D eigenvalue weighted by Crippen LogP contribution is -2.51. The Morgan fingerprint density at radius 3 is 2.67 bits per heavy atom. The quantitative estimate of drug-likeness (QED) is 0.738. The van der Waals surface area contributed by atoms with Crippen LogP contribution in [0.3, 0.4) is 0 Å². The average molecular weight is 329 g/mol. The first kappa shape index (κ1) is 16.2. The number of amides is 1. The topological polar surface area (TPSA) is 75.9 Å². The third-order valence-electron chi connectivity index (χ3n) is 3.88. The Labute approximate surface area is 139 Å². The van der Waals surface area contributed by atoms with Crippen molar-refractivity contribution in [2.75, 3.05) is 39.3 Å². The number of pyridine rings is 1. The highest BCUT2D eigenvalue weighted by Crippen LogP contribution is 2.09. The van der Waals surface area contributed by atoms with E-state index in [2.05, 4.69) is 4.98 Å². The molecule has 126 valence electrons.